The van der Waals surface area contributed by atoms with Gasteiger partial charge in [0.25, 0.3) is 0 Å². The number of benzene rings is 1. The summed E-state index contributed by atoms with van der Waals surface area (Å²) in [5.74, 6) is 0.976. The van der Waals surface area contributed by atoms with Gasteiger partial charge in [0.1, 0.15) is 0 Å². The van der Waals surface area contributed by atoms with E-state index in [1.807, 2.05) is 17.8 Å². The van der Waals surface area contributed by atoms with Crippen molar-refractivity contribution < 1.29 is 0 Å². The Labute approximate surface area is 134 Å². The van der Waals surface area contributed by atoms with E-state index in [9.17, 15) is 0 Å². The van der Waals surface area contributed by atoms with Crippen LogP contribution in [0.5, 0.6) is 0 Å². The smallest absolute Gasteiger partial charge is 0.0931 e. The highest BCUT2D eigenvalue weighted by atomic mass is 35.5. The molecule has 0 aliphatic carbocycles. The zero-order valence-electron chi connectivity index (χ0n) is 12.0. The highest BCUT2D eigenvalue weighted by Crippen LogP contribution is 2.38. The molecule has 1 heterocycles. The summed E-state index contributed by atoms with van der Waals surface area (Å²) >= 11 is 9.56. The van der Waals surface area contributed by atoms with Gasteiger partial charge in [0.05, 0.1) is 9.59 Å². The lowest BCUT2D eigenvalue weighted by atomic mass is 10.1. The van der Waals surface area contributed by atoms with Gasteiger partial charge in [-0.3, -0.25) is 0 Å². The fraction of sp³-hybridized carbons (Fsp3) is 0.375. The summed E-state index contributed by atoms with van der Waals surface area (Å²) in [4.78, 5) is 1.26. The van der Waals surface area contributed by atoms with Crippen LogP contribution in [0.3, 0.4) is 0 Å². The van der Waals surface area contributed by atoms with Crippen molar-refractivity contribution in [1.29, 1.82) is 0 Å². The summed E-state index contributed by atoms with van der Waals surface area (Å²) in [5.41, 5.74) is 10.1. The molecule has 0 radical (unpaired) electrons. The number of hydrogen-bond acceptors (Lipinski definition) is 3. The fourth-order valence-corrected chi connectivity index (χ4v) is 4.90. The third-order valence-corrected chi connectivity index (χ3v) is 6.07. The van der Waals surface area contributed by atoms with Crippen molar-refractivity contribution >= 4 is 34.7 Å². The molecule has 0 saturated carbocycles. The predicted molar refractivity (Wildman–Crippen MR) is 92.9 cm³/mol. The minimum absolute atomic E-state index is 0.112. The number of rotatable bonds is 5. The maximum absolute atomic E-state index is 6.14. The van der Waals surface area contributed by atoms with Crippen molar-refractivity contribution in [2.45, 2.75) is 37.8 Å². The largest absolute Gasteiger partial charge is 0.327 e. The predicted octanol–water partition coefficient (Wildman–Crippen LogP) is 5.34. The number of aryl methyl sites for hydroxylation is 2. The van der Waals surface area contributed by atoms with Crippen molar-refractivity contribution in [3.63, 3.8) is 0 Å². The molecular formula is C16H20ClNS2. The molecule has 0 spiro atoms. The first-order valence-electron chi connectivity index (χ1n) is 6.65. The Morgan fingerprint density at radius 1 is 1.20 bits per heavy atom. The maximum atomic E-state index is 6.14. The average molecular weight is 326 g/mol. The van der Waals surface area contributed by atoms with Gasteiger partial charge in [0.2, 0.25) is 0 Å². The standard InChI is InChI=1S/C16H20ClNS2/c1-10-6-11(2)8-13(7-10)9-19-16(12(3)18)14-4-5-15(17)20-14/h4-8,12,16H,9,18H2,1-3H3. The van der Waals surface area contributed by atoms with E-state index >= 15 is 0 Å². The molecule has 2 atom stereocenters. The van der Waals surface area contributed by atoms with E-state index in [1.165, 1.54) is 21.6 Å². The Hall–Kier alpha value is -0.480. The molecule has 0 amide bonds. The van der Waals surface area contributed by atoms with Gasteiger partial charge < -0.3 is 5.73 Å². The summed E-state index contributed by atoms with van der Waals surface area (Å²) in [6.07, 6.45) is 0. The van der Waals surface area contributed by atoms with Gasteiger partial charge in [-0.2, -0.15) is 0 Å². The molecule has 4 heteroatoms. The van der Waals surface area contributed by atoms with Crippen LogP contribution in [-0.2, 0) is 5.75 Å². The van der Waals surface area contributed by atoms with E-state index in [0.717, 1.165) is 10.1 Å². The Balaban J connectivity index is 2.09. The van der Waals surface area contributed by atoms with Crippen LogP contribution < -0.4 is 5.73 Å². The lowest BCUT2D eigenvalue weighted by Crippen LogP contribution is -2.22. The lowest BCUT2D eigenvalue weighted by molar-refractivity contribution is 0.730. The van der Waals surface area contributed by atoms with E-state index in [1.54, 1.807) is 11.3 Å². The highest BCUT2D eigenvalue weighted by Gasteiger charge is 2.18. The molecule has 0 saturated heterocycles. The van der Waals surface area contributed by atoms with Crippen LogP contribution in [0.25, 0.3) is 0 Å². The SMILES string of the molecule is Cc1cc(C)cc(CSC(c2ccc(Cl)s2)C(C)N)c1. The van der Waals surface area contributed by atoms with Gasteiger partial charge in [-0.1, -0.05) is 40.9 Å². The second-order valence-electron chi connectivity index (χ2n) is 5.23. The zero-order chi connectivity index (χ0) is 14.7. The molecule has 1 aromatic carbocycles. The molecule has 1 aromatic heterocycles. The highest BCUT2D eigenvalue weighted by molar-refractivity contribution is 7.98. The van der Waals surface area contributed by atoms with Gasteiger partial charge in [0.15, 0.2) is 0 Å². The number of thioether (sulfide) groups is 1. The van der Waals surface area contributed by atoms with Crippen molar-refractivity contribution in [1.82, 2.24) is 0 Å². The van der Waals surface area contributed by atoms with E-state index < -0.39 is 0 Å². The molecular weight excluding hydrogens is 306 g/mol. The maximum Gasteiger partial charge on any atom is 0.0931 e. The summed E-state index contributed by atoms with van der Waals surface area (Å²) in [5, 5.41) is 0.299. The first kappa shape index (κ1) is 15.9. The molecule has 2 rings (SSSR count). The molecule has 0 aliphatic heterocycles. The van der Waals surface area contributed by atoms with Gasteiger partial charge in [-0.15, -0.1) is 23.1 Å². The number of nitrogens with two attached hydrogens (primary N) is 1. The minimum Gasteiger partial charge on any atom is -0.327 e. The monoisotopic (exact) mass is 325 g/mol. The molecule has 1 nitrogen and oxygen atoms in total. The van der Waals surface area contributed by atoms with Crippen LogP contribution in [-0.4, -0.2) is 6.04 Å². The summed E-state index contributed by atoms with van der Waals surface area (Å²) in [6.45, 7) is 6.35. The number of halogens is 1. The van der Waals surface area contributed by atoms with Gasteiger partial charge in [0, 0.05) is 16.7 Å². The third-order valence-electron chi connectivity index (χ3n) is 3.06. The van der Waals surface area contributed by atoms with Crippen molar-refractivity contribution in [2.24, 2.45) is 5.73 Å². The molecule has 0 aliphatic rings. The molecule has 0 bridgehead atoms. The van der Waals surface area contributed by atoms with Crippen LogP contribution in [0, 0.1) is 13.8 Å². The van der Waals surface area contributed by atoms with Crippen LogP contribution in [0.1, 0.15) is 33.7 Å². The molecule has 2 aromatic rings. The molecule has 2 unspecified atom stereocenters. The Morgan fingerprint density at radius 2 is 1.85 bits per heavy atom. The summed E-state index contributed by atoms with van der Waals surface area (Å²) in [7, 11) is 0. The van der Waals surface area contributed by atoms with E-state index in [0.29, 0.717) is 5.25 Å². The second-order valence-corrected chi connectivity index (χ2v) is 8.11. The van der Waals surface area contributed by atoms with Crippen LogP contribution >= 0.6 is 34.7 Å². The van der Waals surface area contributed by atoms with Crippen LogP contribution in [0.15, 0.2) is 30.3 Å². The van der Waals surface area contributed by atoms with Gasteiger partial charge in [-0.05, 0) is 38.5 Å². The third kappa shape index (κ3) is 4.26. The first-order valence-corrected chi connectivity index (χ1v) is 8.89. The number of hydrogen-bond donors (Lipinski definition) is 1. The average Bonchev–Trinajstić information content (AvgIpc) is 2.74. The van der Waals surface area contributed by atoms with E-state index in [4.69, 9.17) is 17.3 Å². The number of thiophene rings is 1. The lowest BCUT2D eigenvalue weighted by Gasteiger charge is -2.19. The van der Waals surface area contributed by atoms with E-state index in [2.05, 4.69) is 45.0 Å². The van der Waals surface area contributed by atoms with Gasteiger partial charge >= 0.3 is 0 Å². The van der Waals surface area contributed by atoms with Crippen LogP contribution in [0.4, 0.5) is 0 Å². The fourth-order valence-electron chi connectivity index (χ4n) is 2.31. The van der Waals surface area contributed by atoms with Crippen molar-refractivity contribution in [3.8, 4) is 0 Å². The molecule has 0 fully saturated rings. The Morgan fingerprint density at radius 3 is 2.35 bits per heavy atom. The van der Waals surface area contributed by atoms with Crippen molar-refractivity contribution in [3.05, 3.63) is 56.2 Å². The topological polar surface area (TPSA) is 26.0 Å². The van der Waals surface area contributed by atoms with Gasteiger partial charge in [-0.25, -0.2) is 0 Å². The first-order chi connectivity index (χ1) is 9.45. The quantitative estimate of drug-likeness (QED) is 0.803. The van der Waals surface area contributed by atoms with Crippen molar-refractivity contribution in [2.75, 3.05) is 0 Å². The second kappa shape index (κ2) is 6.99. The molecule has 2 N–H and O–H groups in total. The Bertz CT molecular complexity index is 557. The zero-order valence-corrected chi connectivity index (χ0v) is 14.4. The molecule has 108 valence electrons. The summed E-state index contributed by atoms with van der Waals surface area (Å²) in [6, 6.07) is 10.9. The Kier molecular flexibility index (Phi) is 5.56. The summed E-state index contributed by atoms with van der Waals surface area (Å²) < 4.78 is 0.831. The van der Waals surface area contributed by atoms with Crippen LogP contribution in [0.2, 0.25) is 4.34 Å². The minimum atomic E-state index is 0.112. The molecule has 20 heavy (non-hydrogen) atoms. The van der Waals surface area contributed by atoms with E-state index in [-0.39, 0.29) is 6.04 Å². The normalized spacial score (nSPS) is 14.2.